The summed E-state index contributed by atoms with van der Waals surface area (Å²) >= 11 is 0. The van der Waals surface area contributed by atoms with E-state index >= 15 is 0 Å². The fourth-order valence-electron chi connectivity index (χ4n) is 5.72. The number of hydrogen-bond donors (Lipinski definition) is 0. The molecule has 144 valence electrons. The lowest BCUT2D eigenvalue weighted by atomic mass is 9.69. The summed E-state index contributed by atoms with van der Waals surface area (Å²) in [5.74, 6) is 4.71. The second-order valence-corrected chi connectivity index (χ2v) is 9.33. The summed E-state index contributed by atoms with van der Waals surface area (Å²) in [6, 6.07) is 0. The van der Waals surface area contributed by atoms with Crippen molar-refractivity contribution < 1.29 is 4.74 Å². The molecule has 25 heavy (non-hydrogen) atoms. The van der Waals surface area contributed by atoms with Gasteiger partial charge in [0.1, 0.15) is 0 Å². The van der Waals surface area contributed by atoms with Crippen LogP contribution in [0.4, 0.5) is 0 Å². The van der Waals surface area contributed by atoms with E-state index in [9.17, 15) is 0 Å². The molecule has 3 aliphatic rings. The van der Waals surface area contributed by atoms with E-state index in [0.717, 1.165) is 30.3 Å². The van der Waals surface area contributed by atoms with Crippen LogP contribution < -0.4 is 0 Å². The first-order valence-electron chi connectivity index (χ1n) is 11.6. The first-order chi connectivity index (χ1) is 12.3. The minimum atomic E-state index is 0.549. The summed E-state index contributed by atoms with van der Waals surface area (Å²) < 4.78 is 6.03. The van der Waals surface area contributed by atoms with Crippen molar-refractivity contribution in [2.24, 2.45) is 29.6 Å². The van der Waals surface area contributed by atoms with Crippen LogP contribution in [0.5, 0.6) is 0 Å². The second-order valence-electron chi connectivity index (χ2n) is 9.33. The Bertz CT molecular complexity index is 377. The molecule has 0 N–H and O–H groups in total. The molecule has 3 rings (SSSR count). The third-order valence-corrected chi connectivity index (χ3v) is 7.62. The number of hydrogen-bond acceptors (Lipinski definition) is 1. The van der Waals surface area contributed by atoms with Crippen LogP contribution in [0.1, 0.15) is 97.3 Å². The Balaban J connectivity index is 1.34. The Morgan fingerprint density at radius 3 is 1.88 bits per heavy atom. The highest BCUT2D eigenvalue weighted by atomic mass is 16.5. The smallest absolute Gasteiger partial charge is 0.0575 e. The molecule has 0 aromatic rings. The number of ether oxygens (including phenoxy) is 1. The Morgan fingerprint density at radius 2 is 1.32 bits per heavy atom. The van der Waals surface area contributed by atoms with E-state index in [1.807, 2.05) is 0 Å². The molecule has 2 atom stereocenters. The predicted molar refractivity (Wildman–Crippen MR) is 108 cm³/mol. The van der Waals surface area contributed by atoms with Crippen LogP contribution in [0, 0.1) is 29.6 Å². The van der Waals surface area contributed by atoms with Gasteiger partial charge in [-0.05, 0) is 81.5 Å². The first-order valence-corrected chi connectivity index (χ1v) is 11.6. The summed E-state index contributed by atoms with van der Waals surface area (Å²) in [5.41, 5.74) is 0. The molecule has 1 saturated heterocycles. The van der Waals surface area contributed by atoms with Crippen molar-refractivity contribution in [3.05, 3.63) is 12.2 Å². The van der Waals surface area contributed by atoms with Gasteiger partial charge in [0.05, 0.1) is 12.7 Å². The molecular formula is C24H42O. The van der Waals surface area contributed by atoms with Crippen molar-refractivity contribution in [1.82, 2.24) is 0 Å². The van der Waals surface area contributed by atoms with Crippen LogP contribution >= 0.6 is 0 Å². The van der Waals surface area contributed by atoms with Crippen LogP contribution in [-0.2, 0) is 4.74 Å². The minimum absolute atomic E-state index is 0.549. The maximum atomic E-state index is 6.03. The van der Waals surface area contributed by atoms with Crippen LogP contribution in [0.25, 0.3) is 0 Å². The van der Waals surface area contributed by atoms with Crippen molar-refractivity contribution >= 4 is 0 Å². The molecule has 0 spiro atoms. The minimum Gasteiger partial charge on any atom is -0.378 e. The molecule has 1 aliphatic heterocycles. The molecule has 1 heterocycles. The van der Waals surface area contributed by atoms with Crippen molar-refractivity contribution in [3.8, 4) is 0 Å². The SMILES string of the molecule is CCCC1CCC(/C=C/C2CCC(C3CCC(CC)CC3)CC2)CO1. The average Bonchev–Trinajstić information content (AvgIpc) is 2.68. The summed E-state index contributed by atoms with van der Waals surface area (Å²) in [6.45, 7) is 5.61. The van der Waals surface area contributed by atoms with E-state index in [-0.39, 0.29) is 0 Å². The maximum Gasteiger partial charge on any atom is 0.0575 e. The monoisotopic (exact) mass is 346 g/mol. The molecule has 0 bridgehead atoms. The van der Waals surface area contributed by atoms with E-state index in [1.165, 1.54) is 83.5 Å². The van der Waals surface area contributed by atoms with Gasteiger partial charge in [-0.2, -0.15) is 0 Å². The van der Waals surface area contributed by atoms with Crippen molar-refractivity contribution in [3.63, 3.8) is 0 Å². The molecule has 0 aromatic heterocycles. The van der Waals surface area contributed by atoms with Crippen molar-refractivity contribution in [1.29, 1.82) is 0 Å². The summed E-state index contributed by atoms with van der Waals surface area (Å²) in [7, 11) is 0. The molecule has 1 heteroatoms. The fraction of sp³-hybridized carbons (Fsp3) is 0.917. The lowest BCUT2D eigenvalue weighted by molar-refractivity contribution is -0.00854. The molecule has 2 saturated carbocycles. The van der Waals surface area contributed by atoms with Gasteiger partial charge < -0.3 is 4.74 Å². The van der Waals surface area contributed by atoms with Crippen LogP contribution in [0.3, 0.4) is 0 Å². The largest absolute Gasteiger partial charge is 0.378 e. The molecule has 0 radical (unpaired) electrons. The van der Waals surface area contributed by atoms with Gasteiger partial charge >= 0.3 is 0 Å². The quantitative estimate of drug-likeness (QED) is 0.463. The van der Waals surface area contributed by atoms with E-state index in [0.29, 0.717) is 12.0 Å². The standard InChI is InChI=1S/C24H42O/c1-3-5-24-17-12-21(18-25-24)7-6-20-10-15-23(16-11-20)22-13-8-19(4-2)9-14-22/h6-7,19-24H,3-5,8-18H2,1-2H3/b7-6+. The predicted octanol–water partition coefficient (Wildman–Crippen LogP) is 7.16. The highest BCUT2D eigenvalue weighted by Crippen LogP contribution is 2.42. The summed E-state index contributed by atoms with van der Waals surface area (Å²) in [6.07, 6.45) is 24.1. The molecular weight excluding hydrogens is 304 g/mol. The molecule has 0 amide bonds. The summed E-state index contributed by atoms with van der Waals surface area (Å²) in [5, 5.41) is 0. The Morgan fingerprint density at radius 1 is 0.720 bits per heavy atom. The average molecular weight is 347 g/mol. The zero-order valence-electron chi connectivity index (χ0n) is 16.9. The van der Waals surface area contributed by atoms with Gasteiger partial charge in [0.2, 0.25) is 0 Å². The Hall–Kier alpha value is -0.300. The normalized spacial score (nSPS) is 40.4. The van der Waals surface area contributed by atoms with Gasteiger partial charge in [-0.15, -0.1) is 0 Å². The third-order valence-electron chi connectivity index (χ3n) is 7.62. The molecule has 3 fully saturated rings. The van der Waals surface area contributed by atoms with Gasteiger partial charge in [-0.1, -0.05) is 51.7 Å². The van der Waals surface area contributed by atoms with E-state index in [4.69, 9.17) is 4.74 Å². The molecule has 0 aromatic carbocycles. The third kappa shape index (κ3) is 5.84. The van der Waals surface area contributed by atoms with Crippen molar-refractivity contribution in [2.75, 3.05) is 6.61 Å². The lowest BCUT2D eigenvalue weighted by Crippen LogP contribution is -2.26. The first kappa shape index (κ1) is 19.5. The van der Waals surface area contributed by atoms with E-state index < -0.39 is 0 Å². The molecule has 1 nitrogen and oxygen atoms in total. The Labute approximate surface area is 157 Å². The van der Waals surface area contributed by atoms with Crippen LogP contribution in [-0.4, -0.2) is 12.7 Å². The van der Waals surface area contributed by atoms with Gasteiger partial charge in [0, 0.05) is 5.92 Å². The molecule has 2 unspecified atom stereocenters. The van der Waals surface area contributed by atoms with Gasteiger partial charge in [-0.3, -0.25) is 0 Å². The maximum absolute atomic E-state index is 6.03. The number of rotatable bonds is 6. The van der Waals surface area contributed by atoms with Crippen molar-refractivity contribution in [2.45, 2.75) is 103 Å². The van der Waals surface area contributed by atoms with Crippen LogP contribution in [0.2, 0.25) is 0 Å². The lowest BCUT2D eigenvalue weighted by Gasteiger charge is -2.37. The fourth-order valence-corrected chi connectivity index (χ4v) is 5.72. The van der Waals surface area contributed by atoms with Gasteiger partial charge in [0.15, 0.2) is 0 Å². The van der Waals surface area contributed by atoms with Gasteiger partial charge in [-0.25, -0.2) is 0 Å². The topological polar surface area (TPSA) is 9.23 Å². The van der Waals surface area contributed by atoms with Crippen LogP contribution in [0.15, 0.2) is 12.2 Å². The van der Waals surface area contributed by atoms with Gasteiger partial charge in [0.25, 0.3) is 0 Å². The van der Waals surface area contributed by atoms with E-state index in [1.54, 1.807) is 0 Å². The highest BCUT2D eigenvalue weighted by molar-refractivity contribution is 4.96. The second kappa shape index (κ2) is 10.1. The summed E-state index contributed by atoms with van der Waals surface area (Å²) in [4.78, 5) is 0. The Kier molecular flexibility index (Phi) is 7.90. The zero-order chi connectivity index (χ0) is 17.5. The zero-order valence-corrected chi connectivity index (χ0v) is 16.9. The molecule has 2 aliphatic carbocycles. The van der Waals surface area contributed by atoms with E-state index in [2.05, 4.69) is 26.0 Å². The highest BCUT2D eigenvalue weighted by Gasteiger charge is 2.30. The number of allylic oxidation sites excluding steroid dienone is 1.